The topological polar surface area (TPSA) is 13.1 Å². The molecule has 0 amide bonds. The van der Waals surface area contributed by atoms with Crippen LogP contribution in [-0.2, 0) is 17.3 Å². The molecular weight excluding hydrogens is 192 g/mol. The van der Waals surface area contributed by atoms with E-state index in [0.717, 1.165) is 5.76 Å². The van der Waals surface area contributed by atoms with Gasteiger partial charge in [-0.3, -0.25) is 0 Å². The van der Waals surface area contributed by atoms with Crippen molar-refractivity contribution >= 4 is 17.0 Å². The van der Waals surface area contributed by atoms with Gasteiger partial charge < -0.3 is 4.42 Å². The Morgan fingerprint density at radius 3 is 2.93 bits per heavy atom. The Balaban J connectivity index is 1.97. The smallest absolute Gasteiger partial charge is 0.196 e. The zero-order valence-electron chi connectivity index (χ0n) is 8.29. The van der Waals surface area contributed by atoms with Crippen LogP contribution in [0.1, 0.15) is 30.6 Å². The summed E-state index contributed by atoms with van der Waals surface area (Å²) in [5.41, 5.74) is 1.51. The Kier molecular flexibility index (Phi) is 2.17. The maximum atomic E-state index is 5.62. The van der Waals surface area contributed by atoms with E-state index in [1.807, 2.05) is 6.26 Å². The number of allylic oxidation sites excluding steroid dienone is 1. The monoisotopic (exact) mass is 207 g/mol. The largest absolute Gasteiger partial charge is 0.459 e. The van der Waals surface area contributed by atoms with Gasteiger partial charge in [0.25, 0.3) is 0 Å². The van der Waals surface area contributed by atoms with Crippen molar-refractivity contribution in [3.05, 3.63) is 23.7 Å². The lowest BCUT2D eigenvalue weighted by atomic mass is 10.1. The van der Waals surface area contributed by atoms with Crippen LogP contribution in [0, 0.1) is 0 Å². The van der Waals surface area contributed by atoms with E-state index in [1.54, 1.807) is 4.90 Å². The second-order valence-corrected chi connectivity index (χ2v) is 6.23. The fourth-order valence-electron chi connectivity index (χ4n) is 2.30. The molecule has 0 saturated carbocycles. The lowest BCUT2D eigenvalue weighted by molar-refractivity contribution is 0.547. The summed E-state index contributed by atoms with van der Waals surface area (Å²) in [6, 6.07) is 0. The van der Waals surface area contributed by atoms with E-state index < -0.39 is 0 Å². The number of hydrogen-bond donors (Lipinski definition) is 0. The van der Waals surface area contributed by atoms with Crippen molar-refractivity contribution in [1.82, 2.24) is 0 Å². The molecule has 0 radical (unpaired) electrons. The Morgan fingerprint density at radius 2 is 2.07 bits per heavy atom. The third-order valence-electron chi connectivity index (χ3n) is 3.06. The molecule has 0 atom stereocenters. The molecule has 1 nitrogen and oxygen atoms in total. The highest BCUT2D eigenvalue weighted by Gasteiger charge is 2.32. The van der Waals surface area contributed by atoms with E-state index in [-0.39, 0.29) is 0 Å². The highest BCUT2D eigenvalue weighted by molar-refractivity contribution is 7.97. The molecule has 2 heteroatoms. The zero-order chi connectivity index (χ0) is 9.38. The summed E-state index contributed by atoms with van der Waals surface area (Å²) < 4.78 is 5.62. The van der Waals surface area contributed by atoms with Gasteiger partial charge in [0.2, 0.25) is 0 Å². The molecule has 2 aliphatic rings. The summed E-state index contributed by atoms with van der Waals surface area (Å²) in [5.74, 6) is 3.93. The predicted octanol–water partition coefficient (Wildman–Crippen LogP) is 3.01. The fourth-order valence-corrected chi connectivity index (χ4v) is 4.79. The van der Waals surface area contributed by atoms with Crippen LogP contribution < -0.4 is 0 Å². The van der Waals surface area contributed by atoms with Crippen molar-refractivity contribution in [1.29, 1.82) is 0 Å². The van der Waals surface area contributed by atoms with Crippen molar-refractivity contribution in [2.24, 2.45) is 0 Å². The lowest BCUT2D eigenvalue weighted by Gasteiger charge is -2.04. The van der Waals surface area contributed by atoms with Crippen LogP contribution in [0.4, 0.5) is 0 Å². The summed E-state index contributed by atoms with van der Waals surface area (Å²) >= 11 is 0. The first-order valence-electron chi connectivity index (χ1n) is 5.39. The molecule has 0 bridgehead atoms. The van der Waals surface area contributed by atoms with Crippen LogP contribution in [0.15, 0.2) is 21.7 Å². The van der Waals surface area contributed by atoms with E-state index >= 15 is 0 Å². The van der Waals surface area contributed by atoms with Gasteiger partial charge in [0, 0.05) is 10.9 Å². The Bertz CT molecular complexity index is 358. The van der Waals surface area contributed by atoms with Crippen LogP contribution >= 0.6 is 0 Å². The van der Waals surface area contributed by atoms with Gasteiger partial charge >= 0.3 is 0 Å². The SMILES string of the molecule is C1=Cc2occ([S+]3CCCC3)c2CC1. The Labute approximate surface area is 87.5 Å². The second kappa shape index (κ2) is 3.50. The molecular formula is C12H15OS+. The molecule has 74 valence electrons. The second-order valence-electron chi connectivity index (χ2n) is 3.99. The molecule has 0 aromatic carbocycles. The van der Waals surface area contributed by atoms with Crippen molar-refractivity contribution in [3.8, 4) is 0 Å². The van der Waals surface area contributed by atoms with Gasteiger partial charge in [-0.1, -0.05) is 6.08 Å². The van der Waals surface area contributed by atoms with Crippen LogP contribution in [-0.4, -0.2) is 11.5 Å². The van der Waals surface area contributed by atoms with Gasteiger partial charge in [-0.05, 0) is 31.8 Å². The van der Waals surface area contributed by atoms with Crippen molar-refractivity contribution in [2.75, 3.05) is 11.5 Å². The van der Waals surface area contributed by atoms with Crippen molar-refractivity contribution in [2.45, 2.75) is 30.6 Å². The summed E-state index contributed by atoms with van der Waals surface area (Å²) in [5, 5.41) is 0. The fraction of sp³-hybridized carbons (Fsp3) is 0.500. The average molecular weight is 207 g/mol. The van der Waals surface area contributed by atoms with Gasteiger partial charge in [0.05, 0.1) is 5.56 Å². The minimum atomic E-state index is 0.523. The molecule has 0 unspecified atom stereocenters. The molecule has 3 rings (SSSR count). The van der Waals surface area contributed by atoms with Gasteiger partial charge in [0.15, 0.2) is 4.90 Å². The maximum Gasteiger partial charge on any atom is 0.196 e. The minimum Gasteiger partial charge on any atom is -0.459 e. The molecule has 1 saturated heterocycles. The van der Waals surface area contributed by atoms with Gasteiger partial charge in [-0.2, -0.15) is 0 Å². The standard InChI is InChI=1S/C12H15OS/c1-2-6-11-10(5-1)12(9-13-11)14-7-3-4-8-14/h2,6,9H,1,3-5,7-8H2/q+1. The van der Waals surface area contributed by atoms with E-state index in [9.17, 15) is 0 Å². The Hall–Kier alpha value is -0.630. The summed E-state index contributed by atoms with van der Waals surface area (Å²) in [4.78, 5) is 1.54. The molecule has 1 aromatic rings. The van der Waals surface area contributed by atoms with E-state index in [2.05, 4.69) is 12.2 Å². The maximum absolute atomic E-state index is 5.62. The normalized spacial score (nSPS) is 21.4. The molecule has 1 aromatic heterocycles. The summed E-state index contributed by atoms with van der Waals surface area (Å²) in [7, 11) is 0.523. The first kappa shape index (κ1) is 8.66. The first-order valence-corrected chi connectivity index (χ1v) is 6.96. The molecule has 2 heterocycles. The quantitative estimate of drug-likeness (QED) is 0.645. The molecule has 1 fully saturated rings. The van der Waals surface area contributed by atoms with E-state index in [0.29, 0.717) is 10.9 Å². The zero-order valence-corrected chi connectivity index (χ0v) is 9.11. The minimum absolute atomic E-state index is 0.523. The first-order chi connectivity index (χ1) is 6.95. The summed E-state index contributed by atoms with van der Waals surface area (Å²) in [6.45, 7) is 0. The third-order valence-corrected chi connectivity index (χ3v) is 5.59. The van der Waals surface area contributed by atoms with Crippen molar-refractivity contribution in [3.63, 3.8) is 0 Å². The molecule has 1 aliphatic carbocycles. The third kappa shape index (κ3) is 1.33. The Morgan fingerprint density at radius 1 is 1.21 bits per heavy atom. The van der Waals surface area contributed by atoms with Crippen LogP contribution in [0.3, 0.4) is 0 Å². The lowest BCUT2D eigenvalue weighted by Crippen LogP contribution is -2.06. The number of fused-ring (bicyclic) bond motifs is 1. The van der Waals surface area contributed by atoms with Crippen LogP contribution in [0.5, 0.6) is 0 Å². The van der Waals surface area contributed by atoms with Gasteiger partial charge in [-0.15, -0.1) is 0 Å². The van der Waals surface area contributed by atoms with Crippen LogP contribution in [0.2, 0.25) is 0 Å². The number of furan rings is 1. The molecule has 1 aliphatic heterocycles. The number of rotatable bonds is 1. The van der Waals surface area contributed by atoms with Crippen LogP contribution in [0.25, 0.3) is 6.08 Å². The number of hydrogen-bond acceptors (Lipinski definition) is 1. The van der Waals surface area contributed by atoms with Crippen molar-refractivity contribution < 1.29 is 4.42 Å². The highest BCUT2D eigenvalue weighted by Crippen LogP contribution is 2.32. The predicted molar refractivity (Wildman–Crippen MR) is 60.7 cm³/mol. The van der Waals surface area contributed by atoms with E-state index in [4.69, 9.17) is 4.42 Å². The highest BCUT2D eigenvalue weighted by atomic mass is 32.2. The summed E-state index contributed by atoms with van der Waals surface area (Å²) in [6.07, 6.45) is 11.6. The molecule has 14 heavy (non-hydrogen) atoms. The average Bonchev–Trinajstić information content (AvgIpc) is 2.85. The van der Waals surface area contributed by atoms with Gasteiger partial charge in [-0.25, -0.2) is 0 Å². The van der Waals surface area contributed by atoms with E-state index in [1.165, 1.54) is 42.8 Å². The van der Waals surface area contributed by atoms with Gasteiger partial charge in [0.1, 0.15) is 23.5 Å². The molecule has 0 N–H and O–H groups in total. The molecule has 0 spiro atoms.